The van der Waals surface area contributed by atoms with Gasteiger partial charge in [-0.2, -0.15) is 0 Å². The average molecular weight is 263 g/mol. The van der Waals surface area contributed by atoms with Gasteiger partial charge in [-0.25, -0.2) is 20.8 Å². The number of nitrogens with one attached hydrogen (secondary N) is 1. The number of nitrogens with zero attached hydrogens (tertiary/aromatic N) is 3. The van der Waals surface area contributed by atoms with E-state index in [1.54, 1.807) is 11.3 Å². The molecule has 0 aliphatic carbocycles. The van der Waals surface area contributed by atoms with Crippen molar-refractivity contribution in [3.63, 3.8) is 0 Å². The van der Waals surface area contributed by atoms with Crippen LogP contribution in [0.3, 0.4) is 0 Å². The highest BCUT2D eigenvalue weighted by molar-refractivity contribution is 7.09. The topological polar surface area (TPSA) is 86.0 Å². The van der Waals surface area contributed by atoms with Crippen LogP contribution in [0.4, 0.5) is 5.82 Å². The van der Waals surface area contributed by atoms with E-state index in [4.69, 9.17) is 10.6 Å². The van der Waals surface area contributed by atoms with E-state index in [-0.39, 0.29) is 0 Å². The molecule has 0 saturated heterocycles. The largest absolute Gasteiger partial charge is 0.376 e. The lowest BCUT2D eigenvalue weighted by molar-refractivity contribution is 0.109. The summed E-state index contributed by atoms with van der Waals surface area (Å²) in [5.41, 5.74) is 5.35. The van der Waals surface area contributed by atoms with Crippen molar-refractivity contribution in [2.24, 2.45) is 5.84 Å². The fourth-order valence-corrected chi connectivity index (χ4v) is 2.52. The first-order valence-corrected chi connectivity index (χ1v) is 6.52. The molecule has 1 aliphatic rings. The van der Waals surface area contributed by atoms with E-state index >= 15 is 0 Å². The van der Waals surface area contributed by atoms with Gasteiger partial charge in [0, 0.05) is 17.4 Å². The van der Waals surface area contributed by atoms with Crippen molar-refractivity contribution in [2.45, 2.75) is 20.0 Å². The van der Waals surface area contributed by atoms with Crippen molar-refractivity contribution in [1.82, 2.24) is 15.0 Å². The molecule has 0 bridgehead atoms. The van der Waals surface area contributed by atoms with Gasteiger partial charge >= 0.3 is 0 Å². The second kappa shape index (κ2) is 4.60. The average Bonchev–Trinajstić information content (AvgIpc) is 2.84. The Bertz CT molecular complexity index is 566. The molecule has 0 aromatic carbocycles. The lowest BCUT2D eigenvalue weighted by Gasteiger charge is -2.18. The third-order valence-electron chi connectivity index (χ3n) is 2.81. The van der Waals surface area contributed by atoms with Crippen LogP contribution in [0.15, 0.2) is 5.38 Å². The molecular weight excluding hydrogens is 250 g/mol. The molecule has 0 amide bonds. The Hall–Kier alpha value is -1.57. The third kappa shape index (κ3) is 1.96. The molecule has 2 aromatic rings. The summed E-state index contributed by atoms with van der Waals surface area (Å²) in [6.07, 6.45) is 0.780. The predicted octanol–water partition coefficient (Wildman–Crippen LogP) is 1.27. The van der Waals surface area contributed by atoms with Crippen LogP contribution in [-0.4, -0.2) is 21.6 Å². The summed E-state index contributed by atoms with van der Waals surface area (Å²) in [6, 6.07) is 0. The zero-order valence-corrected chi connectivity index (χ0v) is 10.8. The molecule has 0 atom stereocenters. The van der Waals surface area contributed by atoms with E-state index in [0.29, 0.717) is 24.9 Å². The van der Waals surface area contributed by atoms with Gasteiger partial charge in [0.25, 0.3) is 0 Å². The molecule has 94 valence electrons. The molecule has 3 heterocycles. The van der Waals surface area contributed by atoms with Gasteiger partial charge in [-0.15, -0.1) is 11.3 Å². The molecule has 0 unspecified atom stereocenters. The maximum absolute atomic E-state index is 5.51. The maximum Gasteiger partial charge on any atom is 0.181 e. The maximum atomic E-state index is 5.51. The van der Waals surface area contributed by atoms with Gasteiger partial charge in [-0.1, -0.05) is 0 Å². The van der Waals surface area contributed by atoms with Crippen LogP contribution in [-0.2, 0) is 17.8 Å². The minimum Gasteiger partial charge on any atom is -0.376 e. The van der Waals surface area contributed by atoms with Gasteiger partial charge in [0.15, 0.2) is 5.82 Å². The van der Waals surface area contributed by atoms with Gasteiger partial charge in [-0.05, 0) is 6.92 Å². The SMILES string of the molecule is Cc1nc(-c2nc3c(c(NN)n2)COCC3)cs1. The van der Waals surface area contributed by atoms with Crippen molar-refractivity contribution in [3.05, 3.63) is 21.6 Å². The Kier molecular flexibility index (Phi) is 2.94. The van der Waals surface area contributed by atoms with Crippen molar-refractivity contribution in [1.29, 1.82) is 0 Å². The van der Waals surface area contributed by atoms with Gasteiger partial charge in [-0.3, -0.25) is 0 Å². The first-order chi connectivity index (χ1) is 8.78. The molecular formula is C11H13N5OS. The number of nitrogens with two attached hydrogens (primary N) is 1. The highest BCUT2D eigenvalue weighted by Gasteiger charge is 2.19. The summed E-state index contributed by atoms with van der Waals surface area (Å²) in [5.74, 6) is 6.76. The normalized spacial score (nSPS) is 14.3. The number of ether oxygens (including phenoxy) is 1. The van der Waals surface area contributed by atoms with Crippen molar-refractivity contribution >= 4 is 17.2 Å². The van der Waals surface area contributed by atoms with Crippen LogP contribution in [0.5, 0.6) is 0 Å². The second-order valence-corrected chi connectivity index (χ2v) is 5.08. The summed E-state index contributed by atoms with van der Waals surface area (Å²) in [5, 5.41) is 2.95. The summed E-state index contributed by atoms with van der Waals surface area (Å²) in [6.45, 7) is 3.15. The zero-order chi connectivity index (χ0) is 12.5. The minimum absolute atomic E-state index is 0.505. The number of hydrogen-bond donors (Lipinski definition) is 2. The summed E-state index contributed by atoms with van der Waals surface area (Å²) in [7, 11) is 0. The van der Waals surface area contributed by atoms with Crippen molar-refractivity contribution in [3.8, 4) is 11.5 Å². The Morgan fingerprint density at radius 1 is 1.39 bits per heavy atom. The molecule has 18 heavy (non-hydrogen) atoms. The molecule has 0 saturated carbocycles. The molecule has 1 aliphatic heterocycles. The number of thiazole rings is 1. The highest BCUT2D eigenvalue weighted by atomic mass is 32.1. The van der Waals surface area contributed by atoms with Gasteiger partial charge in [0.1, 0.15) is 11.5 Å². The number of aromatic nitrogens is 3. The van der Waals surface area contributed by atoms with Gasteiger partial charge in [0.05, 0.1) is 23.9 Å². The van der Waals surface area contributed by atoms with E-state index in [2.05, 4.69) is 20.4 Å². The number of aryl methyl sites for hydroxylation is 1. The number of hydrogen-bond acceptors (Lipinski definition) is 7. The summed E-state index contributed by atoms with van der Waals surface area (Å²) < 4.78 is 5.40. The van der Waals surface area contributed by atoms with Crippen LogP contribution in [0.1, 0.15) is 16.3 Å². The van der Waals surface area contributed by atoms with Crippen LogP contribution in [0.2, 0.25) is 0 Å². The first kappa shape index (κ1) is 11.5. The zero-order valence-electron chi connectivity index (χ0n) is 9.93. The summed E-state index contributed by atoms with van der Waals surface area (Å²) >= 11 is 1.58. The fraction of sp³-hybridized carbons (Fsp3) is 0.364. The smallest absolute Gasteiger partial charge is 0.181 e. The molecule has 2 aromatic heterocycles. The predicted molar refractivity (Wildman–Crippen MR) is 69.0 cm³/mol. The number of fused-ring (bicyclic) bond motifs is 1. The highest BCUT2D eigenvalue weighted by Crippen LogP contribution is 2.26. The molecule has 6 nitrogen and oxygen atoms in total. The van der Waals surface area contributed by atoms with Crippen molar-refractivity contribution < 1.29 is 4.74 Å². The molecule has 0 fully saturated rings. The Morgan fingerprint density at radius 3 is 3.00 bits per heavy atom. The Balaban J connectivity index is 2.11. The lowest BCUT2D eigenvalue weighted by Crippen LogP contribution is -2.19. The van der Waals surface area contributed by atoms with E-state index < -0.39 is 0 Å². The Morgan fingerprint density at radius 2 is 2.28 bits per heavy atom. The fourth-order valence-electron chi connectivity index (χ4n) is 1.93. The van der Waals surface area contributed by atoms with E-state index in [1.807, 2.05) is 12.3 Å². The molecule has 3 N–H and O–H groups in total. The lowest BCUT2D eigenvalue weighted by atomic mass is 10.1. The van der Waals surface area contributed by atoms with Crippen LogP contribution in [0, 0.1) is 6.92 Å². The van der Waals surface area contributed by atoms with Crippen LogP contribution >= 0.6 is 11.3 Å². The summed E-state index contributed by atoms with van der Waals surface area (Å²) in [4.78, 5) is 13.4. The standard InChI is InChI=1S/C11H13N5OS/c1-6-13-9(5-18-6)11-14-8-2-3-17-4-7(8)10(15-11)16-12/h5H,2-4,12H2,1H3,(H,14,15,16). The van der Waals surface area contributed by atoms with Crippen molar-refractivity contribution in [2.75, 3.05) is 12.0 Å². The molecule has 0 spiro atoms. The van der Waals surface area contributed by atoms with Gasteiger partial charge in [0.2, 0.25) is 0 Å². The minimum atomic E-state index is 0.505. The van der Waals surface area contributed by atoms with Crippen LogP contribution < -0.4 is 11.3 Å². The van der Waals surface area contributed by atoms with E-state index in [1.165, 1.54) is 0 Å². The number of rotatable bonds is 2. The quantitative estimate of drug-likeness (QED) is 0.627. The van der Waals surface area contributed by atoms with Gasteiger partial charge < -0.3 is 10.2 Å². The van der Waals surface area contributed by atoms with Crippen LogP contribution in [0.25, 0.3) is 11.5 Å². The second-order valence-electron chi connectivity index (χ2n) is 4.02. The number of nitrogen functional groups attached to an aromatic ring is 1. The van der Waals surface area contributed by atoms with E-state index in [0.717, 1.165) is 28.4 Å². The monoisotopic (exact) mass is 263 g/mol. The number of hydrazine groups is 1. The molecule has 7 heteroatoms. The third-order valence-corrected chi connectivity index (χ3v) is 3.58. The Labute approximate surface area is 108 Å². The molecule has 3 rings (SSSR count). The van der Waals surface area contributed by atoms with E-state index in [9.17, 15) is 0 Å². The molecule has 0 radical (unpaired) electrons. The first-order valence-electron chi connectivity index (χ1n) is 5.64. The number of anilines is 1.